The second kappa shape index (κ2) is 4.84. The monoisotopic (exact) mass is 247 g/mol. The van der Waals surface area contributed by atoms with E-state index in [4.69, 9.17) is 17.3 Å². The van der Waals surface area contributed by atoms with E-state index in [9.17, 15) is 4.79 Å². The molecular weight excluding hydrogens is 238 g/mol. The molecule has 86 valence electrons. The van der Waals surface area contributed by atoms with Gasteiger partial charge in [0.15, 0.2) is 0 Å². The summed E-state index contributed by atoms with van der Waals surface area (Å²) in [6, 6.07) is 8.18. The lowest BCUT2D eigenvalue weighted by Gasteiger charge is -2.07. The molecule has 1 heterocycles. The molecule has 2 rings (SSSR count). The molecule has 0 saturated heterocycles. The smallest absolute Gasteiger partial charge is 0.255 e. The van der Waals surface area contributed by atoms with Gasteiger partial charge < -0.3 is 11.1 Å². The molecular formula is C12H10ClN3O. The van der Waals surface area contributed by atoms with Gasteiger partial charge in [-0.25, -0.2) is 0 Å². The van der Waals surface area contributed by atoms with Crippen LogP contribution < -0.4 is 11.1 Å². The fourth-order valence-corrected chi connectivity index (χ4v) is 1.57. The van der Waals surface area contributed by atoms with Crippen molar-refractivity contribution in [2.75, 3.05) is 11.1 Å². The largest absolute Gasteiger partial charge is 0.399 e. The first kappa shape index (κ1) is 11.4. The van der Waals surface area contributed by atoms with Gasteiger partial charge in [0.1, 0.15) is 0 Å². The third-order valence-electron chi connectivity index (χ3n) is 2.18. The highest BCUT2D eigenvalue weighted by molar-refractivity contribution is 6.34. The Hall–Kier alpha value is -2.07. The van der Waals surface area contributed by atoms with Crippen LogP contribution in [0.25, 0.3) is 0 Å². The third kappa shape index (κ3) is 2.73. The Morgan fingerprint density at radius 2 is 1.94 bits per heavy atom. The molecule has 0 saturated carbocycles. The Morgan fingerprint density at radius 3 is 2.59 bits per heavy atom. The van der Waals surface area contributed by atoms with Gasteiger partial charge in [0, 0.05) is 23.6 Å². The van der Waals surface area contributed by atoms with E-state index in [0.717, 1.165) is 0 Å². The number of amides is 1. The van der Waals surface area contributed by atoms with Crippen LogP contribution in [0.4, 0.5) is 11.4 Å². The van der Waals surface area contributed by atoms with Gasteiger partial charge in [0.2, 0.25) is 0 Å². The molecule has 2 aromatic rings. The molecule has 1 aromatic heterocycles. The maximum atomic E-state index is 11.8. The normalized spacial score (nSPS) is 9.94. The molecule has 0 spiro atoms. The van der Waals surface area contributed by atoms with Crippen LogP contribution in [0.3, 0.4) is 0 Å². The van der Waals surface area contributed by atoms with Crippen molar-refractivity contribution in [3.8, 4) is 0 Å². The zero-order valence-corrected chi connectivity index (χ0v) is 9.61. The van der Waals surface area contributed by atoms with Crippen molar-refractivity contribution in [2.45, 2.75) is 0 Å². The van der Waals surface area contributed by atoms with Crippen LogP contribution >= 0.6 is 11.6 Å². The average molecular weight is 248 g/mol. The van der Waals surface area contributed by atoms with Gasteiger partial charge in [0.25, 0.3) is 5.91 Å². The highest BCUT2D eigenvalue weighted by Gasteiger charge is 2.07. The Bertz CT molecular complexity index is 543. The second-order valence-corrected chi connectivity index (χ2v) is 3.84. The summed E-state index contributed by atoms with van der Waals surface area (Å²) in [7, 11) is 0. The Kier molecular flexibility index (Phi) is 3.25. The zero-order valence-electron chi connectivity index (χ0n) is 8.85. The Labute approximate surface area is 103 Å². The van der Waals surface area contributed by atoms with Crippen molar-refractivity contribution in [3.63, 3.8) is 0 Å². The molecule has 0 unspecified atom stereocenters. The van der Waals surface area contributed by atoms with E-state index >= 15 is 0 Å². The second-order valence-electron chi connectivity index (χ2n) is 3.43. The van der Waals surface area contributed by atoms with Crippen LogP contribution in [0.1, 0.15) is 10.4 Å². The Morgan fingerprint density at radius 1 is 1.24 bits per heavy atom. The minimum absolute atomic E-state index is 0.237. The number of rotatable bonds is 2. The van der Waals surface area contributed by atoms with Gasteiger partial charge in [-0.05, 0) is 30.3 Å². The number of benzene rings is 1. The summed E-state index contributed by atoms with van der Waals surface area (Å²) in [5.74, 6) is -0.237. The molecule has 0 radical (unpaired) electrons. The van der Waals surface area contributed by atoms with E-state index in [0.29, 0.717) is 22.0 Å². The third-order valence-corrected chi connectivity index (χ3v) is 2.50. The molecule has 0 bridgehead atoms. The summed E-state index contributed by atoms with van der Waals surface area (Å²) in [6.45, 7) is 0. The summed E-state index contributed by atoms with van der Waals surface area (Å²) in [5, 5.41) is 3.11. The van der Waals surface area contributed by atoms with E-state index in [1.807, 2.05) is 0 Å². The molecule has 3 N–H and O–H groups in total. The van der Waals surface area contributed by atoms with Crippen molar-refractivity contribution in [2.24, 2.45) is 0 Å². The van der Waals surface area contributed by atoms with Crippen LogP contribution in [-0.2, 0) is 0 Å². The number of carbonyl (C=O) groups is 1. The number of anilines is 2. The fourth-order valence-electron chi connectivity index (χ4n) is 1.33. The van der Waals surface area contributed by atoms with Crippen LogP contribution in [0, 0.1) is 0 Å². The predicted octanol–water partition coefficient (Wildman–Crippen LogP) is 2.57. The maximum absolute atomic E-state index is 11.8. The maximum Gasteiger partial charge on any atom is 0.255 e. The number of pyridine rings is 1. The van der Waals surface area contributed by atoms with E-state index in [2.05, 4.69) is 10.3 Å². The van der Waals surface area contributed by atoms with E-state index in [1.165, 1.54) is 0 Å². The summed E-state index contributed by atoms with van der Waals surface area (Å²) >= 11 is 5.95. The van der Waals surface area contributed by atoms with Crippen molar-refractivity contribution < 1.29 is 4.79 Å². The number of hydrogen-bond acceptors (Lipinski definition) is 3. The SMILES string of the molecule is Nc1ccc(NC(=O)c2ccncc2)c(Cl)c1. The Balaban J connectivity index is 2.19. The van der Waals surface area contributed by atoms with Crippen molar-refractivity contribution in [1.29, 1.82) is 0 Å². The highest BCUT2D eigenvalue weighted by Crippen LogP contribution is 2.24. The molecule has 0 fully saturated rings. The molecule has 0 aliphatic rings. The van der Waals surface area contributed by atoms with E-state index in [1.54, 1.807) is 42.7 Å². The number of nitrogens with two attached hydrogens (primary N) is 1. The number of nitrogens with one attached hydrogen (secondary N) is 1. The number of aromatic nitrogens is 1. The van der Waals surface area contributed by atoms with E-state index < -0.39 is 0 Å². The van der Waals surface area contributed by atoms with Crippen LogP contribution in [0.5, 0.6) is 0 Å². The number of hydrogen-bond donors (Lipinski definition) is 2. The van der Waals surface area contributed by atoms with Gasteiger partial charge in [-0.2, -0.15) is 0 Å². The van der Waals surface area contributed by atoms with Gasteiger partial charge in [-0.3, -0.25) is 9.78 Å². The summed E-state index contributed by atoms with van der Waals surface area (Å²) in [4.78, 5) is 15.7. The first-order valence-corrected chi connectivity index (χ1v) is 5.31. The lowest BCUT2D eigenvalue weighted by atomic mass is 10.2. The molecule has 0 aliphatic heterocycles. The molecule has 0 atom stereocenters. The summed E-state index contributed by atoms with van der Waals surface area (Å²) in [6.07, 6.45) is 3.11. The predicted molar refractivity (Wildman–Crippen MR) is 68.1 cm³/mol. The summed E-state index contributed by atoms with van der Waals surface area (Å²) in [5.41, 5.74) is 7.17. The van der Waals surface area contributed by atoms with Gasteiger partial charge in [0.05, 0.1) is 10.7 Å². The van der Waals surface area contributed by atoms with E-state index in [-0.39, 0.29) is 5.91 Å². The lowest BCUT2D eigenvalue weighted by molar-refractivity contribution is 0.102. The summed E-state index contributed by atoms with van der Waals surface area (Å²) < 4.78 is 0. The number of halogens is 1. The fraction of sp³-hybridized carbons (Fsp3) is 0. The molecule has 0 aliphatic carbocycles. The van der Waals surface area contributed by atoms with Gasteiger partial charge in [-0.15, -0.1) is 0 Å². The van der Waals surface area contributed by atoms with Crippen molar-refractivity contribution in [1.82, 2.24) is 4.98 Å². The zero-order chi connectivity index (χ0) is 12.3. The topological polar surface area (TPSA) is 68.0 Å². The highest BCUT2D eigenvalue weighted by atomic mass is 35.5. The lowest BCUT2D eigenvalue weighted by Crippen LogP contribution is -2.12. The van der Waals surface area contributed by atoms with Crippen molar-refractivity contribution in [3.05, 3.63) is 53.3 Å². The standard InChI is InChI=1S/C12H10ClN3O/c13-10-7-9(14)1-2-11(10)16-12(17)8-3-5-15-6-4-8/h1-7H,14H2,(H,16,17). The van der Waals surface area contributed by atoms with Gasteiger partial charge in [-0.1, -0.05) is 11.6 Å². The first-order chi connectivity index (χ1) is 8.16. The number of carbonyl (C=O) groups excluding carboxylic acids is 1. The molecule has 17 heavy (non-hydrogen) atoms. The van der Waals surface area contributed by atoms with Crippen LogP contribution in [0.2, 0.25) is 5.02 Å². The molecule has 5 heteroatoms. The van der Waals surface area contributed by atoms with Crippen molar-refractivity contribution >= 4 is 28.9 Å². The first-order valence-electron chi connectivity index (χ1n) is 4.93. The molecule has 4 nitrogen and oxygen atoms in total. The van der Waals surface area contributed by atoms with Crippen LogP contribution in [0.15, 0.2) is 42.7 Å². The number of nitrogen functional groups attached to an aromatic ring is 1. The minimum atomic E-state index is -0.237. The van der Waals surface area contributed by atoms with Crippen LogP contribution in [-0.4, -0.2) is 10.9 Å². The molecule has 1 aromatic carbocycles. The quantitative estimate of drug-likeness (QED) is 0.802. The number of nitrogens with zero attached hydrogens (tertiary/aromatic N) is 1. The molecule has 1 amide bonds. The average Bonchev–Trinajstić information content (AvgIpc) is 2.34. The minimum Gasteiger partial charge on any atom is -0.399 e. The van der Waals surface area contributed by atoms with Gasteiger partial charge >= 0.3 is 0 Å².